The number of rotatable bonds is 3. The number of ether oxygens (including phenoxy) is 1. The van der Waals surface area contributed by atoms with Crippen molar-refractivity contribution in [3.8, 4) is 5.75 Å². The van der Waals surface area contributed by atoms with Gasteiger partial charge >= 0.3 is 0 Å². The second-order valence-corrected chi connectivity index (χ2v) is 6.51. The van der Waals surface area contributed by atoms with E-state index < -0.39 is 0 Å². The maximum atomic E-state index is 5.45. The minimum Gasteiger partial charge on any atom is -0.496 e. The fraction of sp³-hybridized carbons (Fsp3) is 0.600. The molecule has 18 heavy (non-hydrogen) atoms. The molecule has 0 aliphatic carbocycles. The molecule has 2 unspecified atom stereocenters. The SMILES string of the molecule is COc1ccc(Br)cc1CN1CC(C)CC(C)C1. The Morgan fingerprint density at radius 2 is 1.94 bits per heavy atom. The predicted octanol–water partition coefficient (Wildman–Crippen LogP) is 3.94. The summed E-state index contributed by atoms with van der Waals surface area (Å²) in [6.07, 6.45) is 1.35. The lowest BCUT2D eigenvalue weighted by molar-refractivity contribution is 0.133. The molecule has 1 heterocycles. The molecule has 0 radical (unpaired) electrons. The van der Waals surface area contributed by atoms with Crippen LogP contribution in [0.15, 0.2) is 22.7 Å². The summed E-state index contributed by atoms with van der Waals surface area (Å²) in [5, 5.41) is 0. The molecule has 1 saturated heterocycles. The van der Waals surface area contributed by atoms with Gasteiger partial charge in [0, 0.05) is 29.7 Å². The van der Waals surface area contributed by atoms with Crippen LogP contribution in [-0.2, 0) is 6.54 Å². The summed E-state index contributed by atoms with van der Waals surface area (Å²) in [4.78, 5) is 2.54. The molecule has 2 atom stereocenters. The van der Waals surface area contributed by atoms with Crippen LogP contribution < -0.4 is 4.74 Å². The zero-order chi connectivity index (χ0) is 13.1. The van der Waals surface area contributed by atoms with Gasteiger partial charge in [0.2, 0.25) is 0 Å². The molecule has 2 nitrogen and oxygen atoms in total. The van der Waals surface area contributed by atoms with Gasteiger partial charge in [-0.05, 0) is 36.5 Å². The molecule has 0 aromatic heterocycles. The maximum absolute atomic E-state index is 5.45. The molecule has 1 aromatic carbocycles. The zero-order valence-corrected chi connectivity index (χ0v) is 13.0. The lowest BCUT2D eigenvalue weighted by atomic mass is 9.91. The van der Waals surface area contributed by atoms with Crippen LogP contribution in [0.25, 0.3) is 0 Å². The van der Waals surface area contributed by atoms with Gasteiger partial charge in [-0.15, -0.1) is 0 Å². The maximum Gasteiger partial charge on any atom is 0.123 e. The average molecular weight is 312 g/mol. The van der Waals surface area contributed by atoms with E-state index in [2.05, 4.69) is 40.7 Å². The molecule has 1 aliphatic heterocycles. The van der Waals surface area contributed by atoms with E-state index >= 15 is 0 Å². The van der Waals surface area contributed by atoms with Crippen molar-refractivity contribution in [1.82, 2.24) is 4.90 Å². The standard InChI is InChI=1S/C15H22BrNO/c1-11-6-12(2)9-17(8-11)10-13-7-14(16)4-5-15(13)18-3/h4-5,7,11-12H,6,8-10H2,1-3H3. The fourth-order valence-corrected chi connectivity index (χ4v) is 3.44. The molecule has 2 rings (SSSR count). The smallest absolute Gasteiger partial charge is 0.123 e. The van der Waals surface area contributed by atoms with Crippen molar-refractivity contribution in [3.63, 3.8) is 0 Å². The van der Waals surface area contributed by atoms with Crippen LogP contribution in [0.5, 0.6) is 5.75 Å². The topological polar surface area (TPSA) is 12.5 Å². The number of methoxy groups -OCH3 is 1. The number of likely N-dealkylation sites (tertiary alicyclic amines) is 1. The highest BCUT2D eigenvalue weighted by molar-refractivity contribution is 9.10. The Morgan fingerprint density at radius 3 is 2.56 bits per heavy atom. The Bertz CT molecular complexity index is 397. The number of piperidine rings is 1. The highest BCUT2D eigenvalue weighted by Gasteiger charge is 2.22. The molecule has 0 N–H and O–H groups in total. The fourth-order valence-electron chi connectivity index (χ4n) is 3.03. The van der Waals surface area contributed by atoms with Crippen LogP contribution >= 0.6 is 15.9 Å². The highest BCUT2D eigenvalue weighted by Crippen LogP contribution is 2.27. The summed E-state index contributed by atoms with van der Waals surface area (Å²) in [5.74, 6) is 2.59. The normalized spacial score (nSPS) is 25.1. The molecule has 3 heteroatoms. The summed E-state index contributed by atoms with van der Waals surface area (Å²) in [6.45, 7) is 8.07. The Morgan fingerprint density at radius 1 is 1.28 bits per heavy atom. The number of halogens is 1. The second kappa shape index (κ2) is 6.07. The van der Waals surface area contributed by atoms with Gasteiger partial charge in [0.25, 0.3) is 0 Å². The Balaban J connectivity index is 2.10. The zero-order valence-electron chi connectivity index (χ0n) is 11.4. The largest absolute Gasteiger partial charge is 0.496 e. The van der Waals surface area contributed by atoms with Gasteiger partial charge < -0.3 is 4.74 Å². The third kappa shape index (κ3) is 3.48. The molecule has 0 saturated carbocycles. The molecule has 0 spiro atoms. The molecule has 0 bridgehead atoms. The Kier molecular flexibility index (Phi) is 4.68. The summed E-state index contributed by atoms with van der Waals surface area (Å²) in [6, 6.07) is 6.24. The van der Waals surface area contributed by atoms with Crippen molar-refractivity contribution >= 4 is 15.9 Å². The second-order valence-electron chi connectivity index (χ2n) is 5.60. The number of hydrogen-bond donors (Lipinski definition) is 0. The van der Waals surface area contributed by atoms with Crippen molar-refractivity contribution in [2.45, 2.75) is 26.8 Å². The van der Waals surface area contributed by atoms with Crippen LogP contribution in [0.1, 0.15) is 25.8 Å². The average Bonchev–Trinajstić information content (AvgIpc) is 2.27. The van der Waals surface area contributed by atoms with Crippen LogP contribution in [0.3, 0.4) is 0 Å². The van der Waals surface area contributed by atoms with Gasteiger partial charge in [-0.2, -0.15) is 0 Å². The summed E-state index contributed by atoms with van der Waals surface area (Å²) in [7, 11) is 1.74. The minimum atomic E-state index is 0.798. The van der Waals surface area contributed by atoms with E-state index in [-0.39, 0.29) is 0 Å². The van der Waals surface area contributed by atoms with E-state index in [1.165, 1.54) is 25.1 Å². The van der Waals surface area contributed by atoms with E-state index in [9.17, 15) is 0 Å². The third-order valence-corrected chi connectivity index (χ3v) is 4.07. The lowest BCUT2D eigenvalue weighted by Crippen LogP contribution is -2.38. The van der Waals surface area contributed by atoms with Crippen molar-refractivity contribution in [3.05, 3.63) is 28.2 Å². The predicted molar refractivity (Wildman–Crippen MR) is 78.9 cm³/mol. The quantitative estimate of drug-likeness (QED) is 0.838. The van der Waals surface area contributed by atoms with E-state index in [1.807, 2.05) is 12.1 Å². The lowest BCUT2D eigenvalue weighted by Gasteiger charge is -2.35. The first kappa shape index (κ1) is 13.9. The highest BCUT2D eigenvalue weighted by atomic mass is 79.9. The van der Waals surface area contributed by atoms with Gasteiger partial charge in [-0.25, -0.2) is 0 Å². The molecule has 1 aromatic rings. The monoisotopic (exact) mass is 311 g/mol. The summed E-state index contributed by atoms with van der Waals surface area (Å²) >= 11 is 3.54. The van der Waals surface area contributed by atoms with E-state index in [1.54, 1.807) is 7.11 Å². The van der Waals surface area contributed by atoms with Crippen molar-refractivity contribution in [1.29, 1.82) is 0 Å². The van der Waals surface area contributed by atoms with Gasteiger partial charge in [-0.3, -0.25) is 4.90 Å². The van der Waals surface area contributed by atoms with Gasteiger partial charge in [0.05, 0.1) is 7.11 Å². The van der Waals surface area contributed by atoms with Gasteiger partial charge in [0.15, 0.2) is 0 Å². The minimum absolute atomic E-state index is 0.798. The Hall–Kier alpha value is -0.540. The first-order chi connectivity index (χ1) is 8.58. The van der Waals surface area contributed by atoms with Crippen LogP contribution in [0.4, 0.5) is 0 Å². The first-order valence-electron chi connectivity index (χ1n) is 6.63. The molecule has 1 fully saturated rings. The number of nitrogens with zero attached hydrogens (tertiary/aromatic N) is 1. The van der Waals surface area contributed by atoms with Crippen molar-refractivity contribution < 1.29 is 4.74 Å². The van der Waals surface area contributed by atoms with E-state index in [0.29, 0.717) is 0 Å². The molecule has 1 aliphatic rings. The molecular weight excluding hydrogens is 290 g/mol. The summed E-state index contributed by atoms with van der Waals surface area (Å²) < 4.78 is 6.57. The van der Waals surface area contributed by atoms with Crippen molar-refractivity contribution in [2.24, 2.45) is 11.8 Å². The molecule has 100 valence electrons. The summed E-state index contributed by atoms with van der Waals surface area (Å²) in [5.41, 5.74) is 1.27. The van der Waals surface area contributed by atoms with Crippen molar-refractivity contribution in [2.75, 3.05) is 20.2 Å². The van der Waals surface area contributed by atoms with Crippen LogP contribution in [0, 0.1) is 11.8 Å². The first-order valence-corrected chi connectivity index (χ1v) is 7.42. The van der Waals surface area contributed by atoms with Gasteiger partial charge in [-0.1, -0.05) is 29.8 Å². The number of hydrogen-bond acceptors (Lipinski definition) is 2. The Labute approximate surface area is 118 Å². The molecule has 0 amide bonds. The van der Waals surface area contributed by atoms with Crippen LogP contribution in [-0.4, -0.2) is 25.1 Å². The van der Waals surface area contributed by atoms with E-state index in [4.69, 9.17) is 4.74 Å². The number of benzene rings is 1. The van der Waals surface area contributed by atoms with E-state index in [0.717, 1.165) is 28.6 Å². The van der Waals surface area contributed by atoms with Gasteiger partial charge in [0.1, 0.15) is 5.75 Å². The molecular formula is C15H22BrNO. The third-order valence-electron chi connectivity index (χ3n) is 3.58. The van der Waals surface area contributed by atoms with Crippen LogP contribution in [0.2, 0.25) is 0 Å².